The Hall–Kier alpha value is 0.230. The smallest absolute Gasteiger partial charge is 0.0961 e. The number of ether oxygens (including phenoxy) is 1. The van der Waals surface area contributed by atoms with Crippen LogP contribution in [-0.2, 0) is 4.74 Å². The zero-order chi connectivity index (χ0) is 12.1. The number of rotatable bonds is 4. The van der Waals surface area contributed by atoms with Gasteiger partial charge in [-0.25, -0.2) is 4.98 Å². The van der Waals surface area contributed by atoms with Gasteiger partial charge in [0, 0.05) is 30.5 Å². The van der Waals surface area contributed by atoms with Gasteiger partial charge < -0.3 is 4.74 Å². The second-order valence-electron chi connectivity index (χ2n) is 4.35. The van der Waals surface area contributed by atoms with Crippen molar-refractivity contribution in [1.29, 1.82) is 0 Å². The van der Waals surface area contributed by atoms with Gasteiger partial charge in [0.15, 0.2) is 0 Å². The van der Waals surface area contributed by atoms with Crippen LogP contribution in [-0.4, -0.2) is 29.3 Å². The Morgan fingerprint density at radius 2 is 2.18 bits per heavy atom. The van der Waals surface area contributed by atoms with Crippen LogP contribution in [0, 0.1) is 5.41 Å². The first-order chi connectivity index (χ1) is 8.24. The highest BCUT2D eigenvalue weighted by molar-refractivity contribution is 9.09. The summed E-state index contributed by atoms with van der Waals surface area (Å²) >= 11 is 11.3. The maximum atomic E-state index is 5.82. The Morgan fingerprint density at radius 3 is 2.76 bits per heavy atom. The fourth-order valence-electron chi connectivity index (χ4n) is 1.80. The molecule has 0 aliphatic carbocycles. The zero-order valence-corrected chi connectivity index (χ0v) is 12.7. The average molecular weight is 337 g/mol. The van der Waals surface area contributed by atoms with Gasteiger partial charge in [0.05, 0.1) is 10.0 Å². The predicted octanol–water partition coefficient (Wildman–Crippen LogP) is 4.02. The van der Waals surface area contributed by atoms with Crippen molar-refractivity contribution in [3.8, 4) is 0 Å². The number of thioether (sulfide) groups is 1. The number of pyridine rings is 1. The second-order valence-corrected chi connectivity index (χ2v) is 6.34. The first-order valence-electron chi connectivity index (χ1n) is 5.62. The molecular weight excluding hydrogens is 322 g/mol. The maximum Gasteiger partial charge on any atom is 0.0961 e. The van der Waals surface area contributed by atoms with E-state index in [0.717, 1.165) is 42.2 Å². The molecule has 1 aromatic rings. The predicted molar refractivity (Wildman–Crippen MR) is 76.3 cm³/mol. The fourth-order valence-corrected chi connectivity index (χ4v) is 4.07. The van der Waals surface area contributed by atoms with Gasteiger partial charge in [-0.15, -0.1) is 11.8 Å². The van der Waals surface area contributed by atoms with Crippen LogP contribution in [0.5, 0.6) is 0 Å². The summed E-state index contributed by atoms with van der Waals surface area (Å²) in [4.78, 5) is 4.31. The van der Waals surface area contributed by atoms with Gasteiger partial charge >= 0.3 is 0 Å². The van der Waals surface area contributed by atoms with Crippen LogP contribution >= 0.6 is 39.3 Å². The quantitative estimate of drug-likeness (QED) is 0.612. The molecule has 1 aliphatic heterocycles. The molecule has 1 aromatic heterocycles. The Kier molecular flexibility index (Phi) is 5.15. The van der Waals surface area contributed by atoms with Gasteiger partial charge in [-0.1, -0.05) is 27.5 Å². The Bertz CT molecular complexity index is 354. The summed E-state index contributed by atoms with van der Waals surface area (Å²) in [6.45, 7) is 1.75. The molecule has 17 heavy (non-hydrogen) atoms. The van der Waals surface area contributed by atoms with Crippen LogP contribution < -0.4 is 0 Å². The molecule has 0 N–H and O–H groups in total. The van der Waals surface area contributed by atoms with Crippen molar-refractivity contribution in [3.63, 3.8) is 0 Å². The third-order valence-corrected chi connectivity index (χ3v) is 5.77. The number of hydrogen-bond donors (Lipinski definition) is 0. The number of aromatic nitrogens is 1. The standard InChI is InChI=1S/C12H15BrClNOS/c13-8-12(3-5-16-6-4-12)9-17-11-2-1-10(14)7-15-11/h1-2,7H,3-6,8-9H2. The average Bonchev–Trinajstić information content (AvgIpc) is 2.39. The molecule has 2 heterocycles. The molecule has 1 saturated heterocycles. The van der Waals surface area contributed by atoms with Crippen molar-refractivity contribution in [2.75, 3.05) is 24.3 Å². The largest absolute Gasteiger partial charge is 0.381 e. The molecule has 0 aromatic carbocycles. The lowest BCUT2D eigenvalue weighted by atomic mass is 9.85. The van der Waals surface area contributed by atoms with Crippen molar-refractivity contribution >= 4 is 39.3 Å². The second kappa shape index (κ2) is 6.41. The maximum absolute atomic E-state index is 5.82. The summed E-state index contributed by atoms with van der Waals surface area (Å²) in [6.07, 6.45) is 3.95. The van der Waals surface area contributed by atoms with Gasteiger partial charge in [0.1, 0.15) is 0 Å². The molecule has 0 atom stereocenters. The molecule has 0 amide bonds. The summed E-state index contributed by atoms with van der Waals surface area (Å²) in [5.41, 5.74) is 0.351. The first-order valence-corrected chi connectivity index (χ1v) is 8.11. The van der Waals surface area contributed by atoms with Crippen LogP contribution in [0.4, 0.5) is 0 Å². The van der Waals surface area contributed by atoms with E-state index in [1.165, 1.54) is 0 Å². The van der Waals surface area contributed by atoms with Crippen molar-refractivity contribution < 1.29 is 4.74 Å². The van der Waals surface area contributed by atoms with Crippen LogP contribution in [0.2, 0.25) is 5.02 Å². The lowest BCUT2D eigenvalue weighted by Crippen LogP contribution is -2.33. The molecule has 94 valence electrons. The minimum absolute atomic E-state index is 0.351. The Morgan fingerprint density at radius 1 is 1.41 bits per heavy atom. The highest BCUT2D eigenvalue weighted by Gasteiger charge is 2.31. The topological polar surface area (TPSA) is 22.1 Å². The van der Waals surface area contributed by atoms with Crippen molar-refractivity contribution in [1.82, 2.24) is 4.98 Å². The molecule has 0 unspecified atom stereocenters. The highest BCUT2D eigenvalue weighted by atomic mass is 79.9. The normalized spacial score (nSPS) is 19.2. The van der Waals surface area contributed by atoms with Crippen molar-refractivity contribution in [3.05, 3.63) is 23.4 Å². The molecule has 2 nitrogen and oxygen atoms in total. The molecular formula is C12H15BrClNOS. The lowest BCUT2D eigenvalue weighted by Gasteiger charge is -2.35. The molecule has 0 saturated carbocycles. The minimum Gasteiger partial charge on any atom is -0.381 e. The molecule has 0 bridgehead atoms. The number of alkyl halides is 1. The molecule has 1 fully saturated rings. The Balaban J connectivity index is 1.93. The Labute approximate surface area is 120 Å². The van der Waals surface area contributed by atoms with E-state index < -0.39 is 0 Å². The van der Waals surface area contributed by atoms with Gasteiger partial charge in [0.25, 0.3) is 0 Å². The molecule has 0 radical (unpaired) electrons. The van der Waals surface area contributed by atoms with Crippen LogP contribution in [0.1, 0.15) is 12.8 Å². The summed E-state index contributed by atoms with van der Waals surface area (Å²) in [5, 5.41) is 2.76. The number of halogens is 2. The van der Waals surface area contributed by atoms with Gasteiger partial charge in [-0.3, -0.25) is 0 Å². The molecule has 0 spiro atoms. The van der Waals surface area contributed by atoms with E-state index in [1.807, 2.05) is 12.1 Å². The molecule has 2 rings (SSSR count). The first kappa shape index (κ1) is 13.7. The fraction of sp³-hybridized carbons (Fsp3) is 0.583. The van der Waals surface area contributed by atoms with Crippen LogP contribution in [0.15, 0.2) is 23.4 Å². The lowest BCUT2D eigenvalue weighted by molar-refractivity contribution is 0.0374. The van der Waals surface area contributed by atoms with Gasteiger partial charge in [-0.2, -0.15) is 0 Å². The summed E-state index contributed by atoms with van der Waals surface area (Å²) in [5.74, 6) is 1.08. The summed E-state index contributed by atoms with van der Waals surface area (Å²) < 4.78 is 5.43. The van der Waals surface area contributed by atoms with Crippen molar-refractivity contribution in [2.45, 2.75) is 17.9 Å². The third-order valence-electron chi connectivity index (χ3n) is 3.06. The third kappa shape index (κ3) is 3.85. The van der Waals surface area contributed by atoms with Crippen LogP contribution in [0.25, 0.3) is 0 Å². The monoisotopic (exact) mass is 335 g/mol. The van der Waals surface area contributed by atoms with E-state index in [9.17, 15) is 0 Å². The van der Waals surface area contributed by atoms with Gasteiger partial charge in [-0.05, 0) is 30.4 Å². The van der Waals surface area contributed by atoms with E-state index in [1.54, 1.807) is 18.0 Å². The summed E-state index contributed by atoms with van der Waals surface area (Å²) in [6, 6.07) is 3.87. The minimum atomic E-state index is 0.351. The van der Waals surface area contributed by atoms with Crippen molar-refractivity contribution in [2.24, 2.45) is 5.41 Å². The van der Waals surface area contributed by atoms with E-state index >= 15 is 0 Å². The molecule has 1 aliphatic rings. The highest BCUT2D eigenvalue weighted by Crippen LogP contribution is 2.37. The van der Waals surface area contributed by atoms with E-state index in [-0.39, 0.29) is 0 Å². The van der Waals surface area contributed by atoms with Crippen LogP contribution in [0.3, 0.4) is 0 Å². The van der Waals surface area contributed by atoms with E-state index in [0.29, 0.717) is 10.4 Å². The SMILES string of the molecule is Clc1ccc(SCC2(CBr)CCOCC2)nc1. The zero-order valence-electron chi connectivity index (χ0n) is 9.49. The summed E-state index contributed by atoms with van der Waals surface area (Å²) in [7, 11) is 0. The van der Waals surface area contributed by atoms with E-state index in [2.05, 4.69) is 20.9 Å². The number of nitrogens with zero attached hydrogens (tertiary/aromatic N) is 1. The van der Waals surface area contributed by atoms with E-state index in [4.69, 9.17) is 16.3 Å². The molecule has 5 heteroatoms. The van der Waals surface area contributed by atoms with Gasteiger partial charge in [0.2, 0.25) is 0 Å². The number of hydrogen-bond acceptors (Lipinski definition) is 3.